The number of nitrogens with zero attached hydrogens (tertiary/aromatic N) is 4. The monoisotopic (exact) mass is 951 g/mol. The molecule has 0 saturated carbocycles. The van der Waals surface area contributed by atoms with Gasteiger partial charge in [-0.25, -0.2) is 0 Å². The van der Waals surface area contributed by atoms with Crippen molar-refractivity contribution in [2.24, 2.45) is 12.0 Å². The van der Waals surface area contributed by atoms with E-state index in [4.69, 9.17) is 0 Å². The molecular weight excluding hydrogens is 873 g/mol. The van der Waals surface area contributed by atoms with Crippen LogP contribution in [0, 0.1) is 0 Å². The summed E-state index contributed by atoms with van der Waals surface area (Å²) in [5.41, 5.74) is 15.5. The number of hydrogen-bond acceptors (Lipinski definition) is 2. The average Bonchev–Trinajstić information content (AvgIpc) is 3.77. The molecule has 370 valence electrons. The molecule has 0 unspecified atom stereocenters. The molecule has 0 amide bonds. The Hall–Kier alpha value is -7.95. The summed E-state index contributed by atoms with van der Waals surface area (Å²) in [6.07, 6.45) is 35.9. The maximum atomic E-state index is 4.68. The van der Waals surface area contributed by atoms with Crippen LogP contribution in [-0.2, 0) is 13.5 Å². The average molecular weight is 951 g/mol. The minimum absolute atomic E-state index is 0.755. The lowest BCUT2D eigenvalue weighted by molar-refractivity contribution is 1.01. The molecule has 2 aromatic heterocycles. The van der Waals surface area contributed by atoms with Crippen molar-refractivity contribution < 1.29 is 0 Å². The van der Waals surface area contributed by atoms with Crippen molar-refractivity contribution in [2.75, 3.05) is 4.90 Å². The van der Waals surface area contributed by atoms with Gasteiger partial charge in [0.25, 0.3) is 0 Å². The van der Waals surface area contributed by atoms with Gasteiger partial charge in [0.1, 0.15) is 0 Å². The summed E-state index contributed by atoms with van der Waals surface area (Å²) in [6, 6.07) is 47.1. The van der Waals surface area contributed by atoms with E-state index in [1.54, 1.807) is 6.08 Å². The molecular formula is C68H78N4. The summed E-state index contributed by atoms with van der Waals surface area (Å²) in [6.45, 7) is 25.8. The van der Waals surface area contributed by atoms with E-state index in [-0.39, 0.29) is 0 Å². The first-order valence-electron chi connectivity index (χ1n) is 25.7. The fourth-order valence-corrected chi connectivity index (χ4v) is 8.10. The van der Waals surface area contributed by atoms with E-state index in [0.29, 0.717) is 0 Å². The van der Waals surface area contributed by atoms with Crippen molar-refractivity contribution in [2.45, 2.75) is 81.6 Å². The number of fused-ring (bicyclic) bond motifs is 5. The Labute approximate surface area is 433 Å². The first-order valence-corrected chi connectivity index (χ1v) is 25.7. The molecule has 9 rings (SSSR count). The standard InChI is InChI=1S/C43H39N3.C13H11N.C5H8.C3H8.2C2H6/c1-4-13-42-36(5-2)27-29-45(42)41-20-12-17-37(31-41)33(3)32-44-28-26-34-22-24-40(25-23-34)46(39-18-7-6-8-19-39)43-21-11-15-35-14-9-10-16-38(43)30-35;1-14-12-8-4-2-6-10(12)11-7-3-5-9-13(11)14;1-3-5-4-2;1-3-2;2*1-2/h4-25,27-29,31-32H,2,26,30H2,1,3H3;2-9H,1H3;3-5H,1H2,2H3;3H2,1-2H3;2*1-2H3/b13-4-,33-32+,44-28?;;5-4-;;;. The third-order valence-corrected chi connectivity index (χ3v) is 11.4. The highest BCUT2D eigenvalue weighted by Crippen LogP contribution is 2.37. The minimum Gasteiger partial charge on any atom is -0.344 e. The molecule has 2 bridgehead atoms. The molecule has 4 heteroatoms. The van der Waals surface area contributed by atoms with Crippen molar-refractivity contribution in [3.05, 3.63) is 265 Å². The molecule has 72 heavy (non-hydrogen) atoms. The molecule has 0 saturated heterocycles. The van der Waals surface area contributed by atoms with Gasteiger partial charge in [0.15, 0.2) is 0 Å². The van der Waals surface area contributed by atoms with Gasteiger partial charge in [0.05, 0.1) is 5.69 Å². The fraction of sp³-hybridized carbons (Fsp3) is 0.191. The van der Waals surface area contributed by atoms with Crippen molar-refractivity contribution in [3.63, 3.8) is 0 Å². The first-order chi connectivity index (χ1) is 35.3. The summed E-state index contributed by atoms with van der Waals surface area (Å²) in [7, 11) is 2.12. The molecule has 7 aromatic rings. The van der Waals surface area contributed by atoms with Gasteiger partial charge >= 0.3 is 0 Å². The number of rotatable bonds is 11. The number of benzene rings is 5. The zero-order valence-electron chi connectivity index (χ0n) is 44.8. The van der Waals surface area contributed by atoms with Gasteiger partial charge in [-0.2, -0.15) is 0 Å². The number of allylic oxidation sites excluding steroid dienone is 14. The van der Waals surface area contributed by atoms with Crippen molar-refractivity contribution in [1.82, 2.24) is 9.13 Å². The molecule has 0 N–H and O–H groups in total. The highest BCUT2D eigenvalue weighted by atomic mass is 15.1. The van der Waals surface area contributed by atoms with E-state index >= 15 is 0 Å². The molecule has 0 fully saturated rings. The van der Waals surface area contributed by atoms with E-state index < -0.39 is 0 Å². The second-order valence-electron chi connectivity index (χ2n) is 16.4. The Morgan fingerprint density at radius 1 is 0.694 bits per heavy atom. The van der Waals surface area contributed by atoms with Gasteiger partial charge in [-0.1, -0.05) is 207 Å². The Morgan fingerprint density at radius 2 is 1.32 bits per heavy atom. The molecule has 4 nitrogen and oxygen atoms in total. The molecule has 0 radical (unpaired) electrons. The maximum absolute atomic E-state index is 4.68. The Balaban J connectivity index is 0.000000353. The lowest BCUT2D eigenvalue weighted by Crippen LogP contribution is -2.18. The second kappa shape index (κ2) is 31.3. The lowest BCUT2D eigenvalue weighted by atomic mass is 10.0. The van der Waals surface area contributed by atoms with Crippen LogP contribution in [0.4, 0.5) is 11.4 Å². The quantitative estimate of drug-likeness (QED) is 0.0937. The van der Waals surface area contributed by atoms with Gasteiger partial charge in [0.2, 0.25) is 0 Å². The molecule has 2 aliphatic rings. The van der Waals surface area contributed by atoms with E-state index in [2.05, 4.69) is 254 Å². The summed E-state index contributed by atoms with van der Waals surface area (Å²) in [5, 5.41) is 2.68. The number of anilines is 2. The number of hydrogen-bond donors (Lipinski definition) is 0. The van der Waals surface area contributed by atoms with E-state index in [1.165, 1.54) is 50.6 Å². The maximum Gasteiger partial charge on any atom is 0.0524 e. The molecule has 5 aromatic carbocycles. The van der Waals surface area contributed by atoms with Crippen LogP contribution in [-0.4, -0.2) is 15.3 Å². The molecule has 2 heterocycles. The van der Waals surface area contributed by atoms with Gasteiger partial charge < -0.3 is 14.0 Å². The molecule has 0 atom stereocenters. The van der Waals surface area contributed by atoms with Crippen molar-refractivity contribution in [1.29, 1.82) is 0 Å². The Morgan fingerprint density at radius 3 is 1.93 bits per heavy atom. The molecule has 0 spiro atoms. The lowest BCUT2D eigenvalue weighted by Gasteiger charge is -2.29. The molecule has 0 aliphatic heterocycles. The Kier molecular flexibility index (Phi) is 24.6. The van der Waals surface area contributed by atoms with Crippen LogP contribution < -0.4 is 4.90 Å². The van der Waals surface area contributed by atoms with Crippen LogP contribution in [0.3, 0.4) is 0 Å². The van der Waals surface area contributed by atoms with Gasteiger partial charge in [-0.15, -0.1) is 0 Å². The highest BCUT2D eigenvalue weighted by Gasteiger charge is 2.20. The summed E-state index contributed by atoms with van der Waals surface area (Å²) < 4.78 is 4.44. The summed E-state index contributed by atoms with van der Waals surface area (Å²) in [4.78, 5) is 7.03. The Bertz CT molecular complexity index is 3000. The first kappa shape index (κ1) is 56.6. The summed E-state index contributed by atoms with van der Waals surface area (Å²) in [5.74, 6) is 0. The summed E-state index contributed by atoms with van der Waals surface area (Å²) >= 11 is 0. The topological polar surface area (TPSA) is 25.5 Å². The zero-order valence-corrected chi connectivity index (χ0v) is 44.8. The van der Waals surface area contributed by atoms with Crippen LogP contribution in [0.15, 0.2) is 248 Å². The van der Waals surface area contributed by atoms with Crippen LogP contribution in [0.25, 0.3) is 45.2 Å². The van der Waals surface area contributed by atoms with Crippen LogP contribution in [0.2, 0.25) is 0 Å². The normalized spacial score (nSPS) is 12.5. The number of aryl methyl sites for hydroxylation is 1. The van der Waals surface area contributed by atoms with Crippen LogP contribution in [0.5, 0.6) is 0 Å². The van der Waals surface area contributed by atoms with E-state index in [1.807, 2.05) is 72.2 Å². The van der Waals surface area contributed by atoms with Crippen molar-refractivity contribution in [3.8, 4) is 5.69 Å². The zero-order chi connectivity index (χ0) is 52.1. The predicted molar refractivity (Wildman–Crippen MR) is 323 cm³/mol. The number of aromatic nitrogens is 2. The van der Waals surface area contributed by atoms with Gasteiger partial charge in [0, 0.05) is 76.6 Å². The van der Waals surface area contributed by atoms with Gasteiger partial charge in [-0.3, -0.25) is 4.99 Å². The van der Waals surface area contributed by atoms with E-state index in [9.17, 15) is 0 Å². The minimum atomic E-state index is 0.755. The SMILES string of the molecule is C=C/C=C\C.C=Cc1ccn(-c2cccc(/C(C)=C/N=CCc3ccc(N(C4=CC=CC5=CC=CC=C4C5)c4ccccc4)cc3)c2)c1/C=C\C.CC.CC.CCC.Cn1c2ccccc2c2ccccc21. The number of aliphatic imine (C=N–C) groups is 1. The molecule has 2 aliphatic carbocycles. The van der Waals surface area contributed by atoms with Crippen LogP contribution in [0.1, 0.15) is 97.5 Å². The second-order valence-corrected chi connectivity index (χ2v) is 16.4. The highest BCUT2D eigenvalue weighted by molar-refractivity contribution is 6.07. The number of para-hydroxylation sites is 3. The largest absolute Gasteiger partial charge is 0.344 e. The fourth-order valence-electron chi connectivity index (χ4n) is 8.10. The third-order valence-electron chi connectivity index (χ3n) is 11.4. The van der Waals surface area contributed by atoms with Crippen LogP contribution >= 0.6 is 0 Å². The predicted octanol–water partition coefficient (Wildman–Crippen LogP) is 19.8. The van der Waals surface area contributed by atoms with Crippen molar-refractivity contribution >= 4 is 57.1 Å². The van der Waals surface area contributed by atoms with Gasteiger partial charge in [-0.05, 0) is 127 Å². The third kappa shape index (κ3) is 15.5. The van der Waals surface area contributed by atoms with E-state index in [0.717, 1.165) is 52.3 Å². The smallest absolute Gasteiger partial charge is 0.0524 e.